The molecule has 1 aromatic carbocycles. The lowest BCUT2D eigenvalue weighted by atomic mass is 10.00. The van der Waals surface area contributed by atoms with Crippen LogP contribution < -0.4 is 10.2 Å². The Morgan fingerprint density at radius 2 is 2.11 bits per heavy atom. The molecule has 4 rings (SSSR count). The van der Waals surface area contributed by atoms with E-state index in [9.17, 15) is 9.50 Å². The Bertz CT molecular complexity index is 880. The van der Waals surface area contributed by atoms with E-state index in [0.29, 0.717) is 18.9 Å². The van der Waals surface area contributed by atoms with Crippen LogP contribution in [-0.4, -0.2) is 34.3 Å². The van der Waals surface area contributed by atoms with E-state index >= 15 is 0 Å². The summed E-state index contributed by atoms with van der Waals surface area (Å²) in [5.41, 5.74) is 3.14. The number of benzene rings is 1. The van der Waals surface area contributed by atoms with Crippen LogP contribution in [0.5, 0.6) is 0 Å². The van der Waals surface area contributed by atoms with Gasteiger partial charge in [-0.25, -0.2) is 14.4 Å². The van der Waals surface area contributed by atoms with Gasteiger partial charge in [0, 0.05) is 25.7 Å². The highest BCUT2D eigenvalue weighted by molar-refractivity contribution is 5.51. The van der Waals surface area contributed by atoms with E-state index in [2.05, 4.69) is 32.3 Å². The first-order valence-corrected chi connectivity index (χ1v) is 9.32. The van der Waals surface area contributed by atoms with Crippen molar-refractivity contribution in [2.75, 3.05) is 23.3 Å². The summed E-state index contributed by atoms with van der Waals surface area (Å²) in [6.07, 6.45) is 9.91. The van der Waals surface area contributed by atoms with Crippen LogP contribution in [0.3, 0.4) is 0 Å². The van der Waals surface area contributed by atoms with Crippen molar-refractivity contribution in [1.82, 2.24) is 9.97 Å². The van der Waals surface area contributed by atoms with Gasteiger partial charge in [-0.05, 0) is 48.1 Å². The summed E-state index contributed by atoms with van der Waals surface area (Å²) < 4.78 is 13.4. The Balaban J connectivity index is 1.41. The molecule has 1 aliphatic heterocycles. The van der Waals surface area contributed by atoms with Crippen LogP contribution in [0.15, 0.2) is 54.4 Å². The summed E-state index contributed by atoms with van der Waals surface area (Å²) in [6, 6.07) is 6.87. The van der Waals surface area contributed by atoms with E-state index in [1.807, 2.05) is 18.2 Å². The Kier molecular flexibility index (Phi) is 5.16. The van der Waals surface area contributed by atoms with Gasteiger partial charge in [-0.3, -0.25) is 0 Å². The van der Waals surface area contributed by atoms with Gasteiger partial charge in [-0.15, -0.1) is 0 Å². The van der Waals surface area contributed by atoms with Crippen molar-refractivity contribution in [1.29, 1.82) is 0 Å². The molecule has 1 atom stereocenters. The van der Waals surface area contributed by atoms with E-state index < -0.39 is 6.10 Å². The minimum absolute atomic E-state index is 0.183. The average molecular weight is 366 g/mol. The third-order valence-corrected chi connectivity index (χ3v) is 5.04. The fraction of sp³-hybridized carbons (Fsp3) is 0.333. The third-order valence-electron chi connectivity index (χ3n) is 5.04. The first-order chi connectivity index (χ1) is 13.2. The predicted molar refractivity (Wildman–Crippen MR) is 104 cm³/mol. The highest BCUT2D eigenvalue weighted by Crippen LogP contribution is 2.24. The van der Waals surface area contributed by atoms with Crippen LogP contribution in [0.25, 0.3) is 0 Å². The molecule has 27 heavy (non-hydrogen) atoms. The number of aromatic nitrogens is 2. The number of aliphatic hydroxyl groups is 1. The minimum atomic E-state index is -0.559. The summed E-state index contributed by atoms with van der Waals surface area (Å²) in [5, 5.41) is 13.5. The van der Waals surface area contributed by atoms with Crippen molar-refractivity contribution in [2.24, 2.45) is 0 Å². The molecule has 5 nitrogen and oxygen atoms in total. The zero-order valence-electron chi connectivity index (χ0n) is 15.1. The number of hydrogen-bond acceptors (Lipinski definition) is 5. The maximum absolute atomic E-state index is 13.4. The number of fused-ring (bicyclic) bond motifs is 1. The number of nitrogens with one attached hydrogen (secondary N) is 1. The molecule has 0 saturated carbocycles. The SMILES string of the molecule is O[C@@H](CNc1cc(N2CCc3cc(F)ccc3C2)ncn1)C1=CCCC=C1. The summed E-state index contributed by atoms with van der Waals surface area (Å²) in [5.74, 6) is 1.33. The maximum atomic E-state index is 13.4. The summed E-state index contributed by atoms with van der Waals surface area (Å²) in [6.45, 7) is 1.88. The second-order valence-corrected chi connectivity index (χ2v) is 6.93. The van der Waals surface area contributed by atoms with Crippen molar-refractivity contribution in [3.63, 3.8) is 0 Å². The first-order valence-electron chi connectivity index (χ1n) is 9.32. The molecule has 0 radical (unpaired) electrons. The number of nitrogens with zero attached hydrogens (tertiary/aromatic N) is 3. The normalized spacial score (nSPS) is 17.3. The molecule has 6 heteroatoms. The lowest BCUT2D eigenvalue weighted by molar-refractivity contribution is 0.227. The van der Waals surface area contributed by atoms with Gasteiger partial charge in [0.2, 0.25) is 0 Å². The highest BCUT2D eigenvalue weighted by atomic mass is 19.1. The fourth-order valence-corrected chi connectivity index (χ4v) is 3.53. The second-order valence-electron chi connectivity index (χ2n) is 6.93. The Morgan fingerprint density at radius 1 is 1.19 bits per heavy atom. The van der Waals surface area contributed by atoms with Crippen LogP contribution in [-0.2, 0) is 13.0 Å². The van der Waals surface area contributed by atoms with Gasteiger partial charge in [-0.2, -0.15) is 0 Å². The highest BCUT2D eigenvalue weighted by Gasteiger charge is 2.18. The number of hydrogen-bond donors (Lipinski definition) is 2. The monoisotopic (exact) mass is 366 g/mol. The average Bonchev–Trinajstić information content (AvgIpc) is 2.72. The molecule has 0 fully saturated rings. The second kappa shape index (κ2) is 7.88. The molecule has 0 bridgehead atoms. The van der Waals surface area contributed by atoms with Gasteiger partial charge in [-0.1, -0.05) is 24.3 Å². The van der Waals surface area contributed by atoms with Crippen molar-refractivity contribution >= 4 is 11.6 Å². The molecule has 0 saturated heterocycles. The molecule has 140 valence electrons. The Labute approximate surface area is 158 Å². The zero-order valence-corrected chi connectivity index (χ0v) is 15.1. The fourth-order valence-electron chi connectivity index (χ4n) is 3.53. The van der Waals surface area contributed by atoms with Crippen molar-refractivity contribution in [3.05, 3.63) is 71.3 Å². The lowest BCUT2D eigenvalue weighted by Gasteiger charge is -2.30. The van der Waals surface area contributed by atoms with E-state index in [-0.39, 0.29) is 5.82 Å². The topological polar surface area (TPSA) is 61.3 Å². The van der Waals surface area contributed by atoms with E-state index in [1.54, 1.807) is 6.07 Å². The maximum Gasteiger partial charge on any atom is 0.134 e. The summed E-state index contributed by atoms with van der Waals surface area (Å²) >= 11 is 0. The van der Waals surface area contributed by atoms with Gasteiger partial charge in [0.1, 0.15) is 23.8 Å². The quantitative estimate of drug-likeness (QED) is 0.851. The van der Waals surface area contributed by atoms with Crippen molar-refractivity contribution in [2.45, 2.75) is 31.9 Å². The van der Waals surface area contributed by atoms with Crippen LogP contribution in [0.4, 0.5) is 16.0 Å². The molecule has 1 aliphatic carbocycles. The van der Waals surface area contributed by atoms with Crippen LogP contribution in [0.1, 0.15) is 24.0 Å². The molecule has 1 aromatic heterocycles. The first kappa shape index (κ1) is 17.7. The molecular formula is C21H23FN4O. The van der Waals surface area contributed by atoms with Gasteiger partial charge in [0.15, 0.2) is 0 Å². The molecule has 0 unspecified atom stereocenters. The molecule has 0 amide bonds. The molecule has 2 heterocycles. The molecular weight excluding hydrogens is 343 g/mol. The molecule has 2 aromatic rings. The number of allylic oxidation sites excluding steroid dienone is 2. The van der Waals surface area contributed by atoms with Gasteiger partial charge in [0.05, 0.1) is 6.10 Å². The number of rotatable bonds is 5. The van der Waals surface area contributed by atoms with Crippen molar-refractivity contribution < 1.29 is 9.50 Å². The number of anilines is 2. The standard InChI is InChI=1S/C21H23FN4O/c22-18-7-6-17-13-26(9-8-16(17)10-18)21-11-20(24-14-25-21)23-12-19(27)15-4-2-1-3-5-15/h2,4-7,10-11,14,19,27H,1,3,8-9,12-13H2,(H,23,24,25)/t19-/m0/s1. The zero-order chi connectivity index (χ0) is 18.6. The van der Waals surface area contributed by atoms with E-state index in [4.69, 9.17) is 0 Å². The van der Waals surface area contributed by atoms with Gasteiger partial charge in [0.25, 0.3) is 0 Å². The largest absolute Gasteiger partial charge is 0.387 e. The van der Waals surface area contributed by atoms with E-state index in [1.165, 1.54) is 12.4 Å². The van der Waals surface area contributed by atoms with Crippen LogP contribution >= 0.6 is 0 Å². The Hall–Kier alpha value is -2.73. The predicted octanol–water partition coefficient (Wildman–Crippen LogP) is 3.23. The van der Waals surface area contributed by atoms with Gasteiger partial charge < -0.3 is 15.3 Å². The lowest BCUT2D eigenvalue weighted by Crippen LogP contribution is -2.31. The van der Waals surface area contributed by atoms with E-state index in [0.717, 1.165) is 48.3 Å². The van der Waals surface area contributed by atoms with Gasteiger partial charge >= 0.3 is 0 Å². The molecule has 2 N–H and O–H groups in total. The third kappa shape index (κ3) is 4.17. The number of halogens is 1. The molecule has 2 aliphatic rings. The van der Waals surface area contributed by atoms with Crippen LogP contribution in [0.2, 0.25) is 0 Å². The minimum Gasteiger partial charge on any atom is -0.387 e. The molecule has 0 spiro atoms. The van der Waals surface area contributed by atoms with Crippen molar-refractivity contribution in [3.8, 4) is 0 Å². The Morgan fingerprint density at radius 3 is 2.96 bits per heavy atom. The summed E-state index contributed by atoms with van der Waals surface area (Å²) in [7, 11) is 0. The van der Waals surface area contributed by atoms with Crippen LogP contribution in [0, 0.1) is 5.82 Å². The summed E-state index contributed by atoms with van der Waals surface area (Å²) in [4.78, 5) is 10.8. The number of aliphatic hydroxyl groups excluding tert-OH is 1. The smallest absolute Gasteiger partial charge is 0.134 e.